The fourth-order valence-corrected chi connectivity index (χ4v) is 4.24. The summed E-state index contributed by atoms with van der Waals surface area (Å²) in [5, 5.41) is 3.11. The molecule has 6 nitrogen and oxygen atoms in total. The van der Waals surface area contributed by atoms with Crippen LogP contribution in [0.2, 0.25) is 5.02 Å². The number of carbonyl (C=O) groups is 2. The number of halogens is 3. The van der Waals surface area contributed by atoms with Crippen LogP contribution in [0.1, 0.15) is 48.9 Å². The van der Waals surface area contributed by atoms with Gasteiger partial charge in [-0.1, -0.05) is 31.5 Å². The van der Waals surface area contributed by atoms with Crippen LogP contribution in [0, 0.1) is 17.6 Å². The fraction of sp³-hybridized carbons (Fsp3) is 0.375. The van der Waals surface area contributed by atoms with E-state index in [9.17, 15) is 18.4 Å². The Balaban J connectivity index is 1.42. The molecule has 0 unspecified atom stereocenters. The molecule has 9 heteroatoms. The van der Waals surface area contributed by atoms with Crippen LogP contribution in [-0.2, 0) is 4.79 Å². The van der Waals surface area contributed by atoms with Crippen LogP contribution >= 0.6 is 11.6 Å². The van der Waals surface area contributed by atoms with Crippen LogP contribution in [0.3, 0.4) is 0 Å². The van der Waals surface area contributed by atoms with E-state index in [1.807, 2.05) is 0 Å². The van der Waals surface area contributed by atoms with Crippen molar-refractivity contribution >= 4 is 34.5 Å². The monoisotopic (exact) mass is 475 g/mol. The second-order valence-electron chi connectivity index (χ2n) is 8.56. The Labute approximate surface area is 194 Å². The number of aromatic nitrogens is 1. The van der Waals surface area contributed by atoms with Gasteiger partial charge in [0.1, 0.15) is 28.8 Å². The van der Waals surface area contributed by atoms with Gasteiger partial charge in [-0.2, -0.15) is 0 Å². The SMILES string of the molecule is CC(C)[C@H](NC(=O)c1c(F)cccc1F)C(=O)N1CCC(c2nc3cc(Cl)ccc3o2)CC1. The average Bonchev–Trinajstić information content (AvgIpc) is 3.20. The molecule has 1 atom stereocenters. The van der Waals surface area contributed by atoms with E-state index in [-0.39, 0.29) is 17.7 Å². The maximum absolute atomic E-state index is 14.0. The lowest BCUT2D eigenvalue weighted by Gasteiger charge is -2.34. The second kappa shape index (κ2) is 9.47. The van der Waals surface area contributed by atoms with Crippen molar-refractivity contribution in [1.82, 2.24) is 15.2 Å². The zero-order valence-corrected chi connectivity index (χ0v) is 19.0. The van der Waals surface area contributed by atoms with E-state index in [1.165, 1.54) is 6.07 Å². The summed E-state index contributed by atoms with van der Waals surface area (Å²) in [7, 11) is 0. The van der Waals surface area contributed by atoms with E-state index >= 15 is 0 Å². The van der Waals surface area contributed by atoms with Crippen molar-refractivity contribution in [2.45, 2.75) is 38.6 Å². The first-order valence-electron chi connectivity index (χ1n) is 10.8. The summed E-state index contributed by atoms with van der Waals surface area (Å²) in [5.74, 6) is -2.76. The third-order valence-electron chi connectivity index (χ3n) is 5.93. The van der Waals surface area contributed by atoms with Crippen LogP contribution < -0.4 is 5.32 Å². The Morgan fingerprint density at radius 1 is 1.15 bits per heavy atom. The molecule has 3 aromatic rings. The molecule has 1 N–H and O–H groups in total. The minimum Gasteiger partial charge on any atom is -0.440 e. The van der Waals surface area contributed by atoms with Gasteiger partial charge in [0.15, 0.2) is 11.5 Å². The van der Waals surface area contributed by atoms with E-state index in [0.717, 1.165) is 12.1 Å². The summed E-state index contributed by atoms with van der Waals surface area (Å²) in [6.45, 7) is 4.46. The summed E-state index contributed by atoms with van der Waals surface area (Å²) >= 11 is 6.02. The molecule has 2 heterocycles. The zero-order valence-electron chi connectivity index (χ0n) is 18.3. The molecule has 0 radical (unpaired) electrons. The molecule has 2 aromatic carbocycles. The fourth-order valence-electron chi connectivity index (χ4n) is 4.08. The first-order chi connectivity index (χ1) is 15.7. The summed E-state index contributed by atoms with van der Waals surface area (Å²) in [4.78, 5) is 31.9. The van der Waals surface area contributed by atoms with Gasteiger partial charge in [0.2, 0.25) is 5.91 Å². The molecule has 174 valence electrons. The first kappa shape index (κ1) is 23.2. The molecule has 1 aliphatic heterocycles. The van der Waals surface area contributed by atoms with E-state index in [4.69, 9.17) is 16.0 Å². The van der Waals surface area contributed by atoms with Crippen LogP contribution in [-0.4, -0.2) is 40.8 Å². The third-order valence-corrected chi connectivity index (χ3v) is 6.17. The first-order valence-corrected chi connectivity index (χ1v) is 11.2. The number of hydrogen-bond acceptors (Lipinski definition) is 4. The van der Waals surface area contributed by atoms with Crippen molar-refractivity contribution < 1.29 is 22.8 Å². The van der Waals surface area contributed by atoms with Gasteiger partial charge < -0.3 is 14.6 Å². The van der Waals surface area contributed by atoms with E-state index < -0.39 is 29.1 Å². The molecule has 0 aliphatic carbocycles. The van der Waals surface area contributed by atoms with E-state index in [2.05, 4.69) is 10.3 Å². The molecule has 1 fully saturated rings. The highest BCUT2D eigenvalue weighted by Gasteiger charge is 2.33. The maximum atomic E-state index is 14.0. The molecule has 1 saturated heterocycles. The number of fused-ring (bicyclic) bond motifs is 1. The van der Waals surface area contributed by atoms with Crippen LogP contribution in [0.25, 0.3) is 11.1 Å². The largest absolute Gasteiger partial charge is 0.440 e. The molecular formula is C24H24ClF2N3O3. The van der Waals surface area contributed by atoms with Gasteiger partial charge in [-0.3, -0.25) is 9.59 Å². The molecule has 2 amide bonds. The third kappa shape index (κ3) is 4.85. The van der Waals surface area contributed by atoms with Crippen LogP contribution in [0.15, 0.2) is 40.8 Å². The maximum Gasteiger partial charge on any atom is 0.257 e. The van der Waals surface area contributed by atoms with Gasteiger partial charge in [0.25, 0.3) is 5.91 Å². The Morgan fingerprint density at radius 3 is 2.45 bits per heavy atom. The number of oxazole rings is 1. The van der Waals surface area contributed by atoms with Gasteiger partial charge in [-0.25, -0.2) is 13.8 Å². The minimum atomic E-state index is -0.970. The number of nitrogens with one attached hydrogen (secondary N) is 1. The molecule has 33 heavy (non-hydrogen) atoms. The lowest BCUT2D eigenvalue weighted by atomic mass is 9.94. The average molecular weight is 476 g/mol. The summed E-state index contributed by atoms with van der Waals surface area (Å²) in [6.07, 6.45) is 1.29. The number of nitrogens with zero attached hydrogens (tertiary/aromatic N) is 2. The van der Waals surface area contributed by atoms with Crippen LogP contribution in [0.5, 0.6) is 0 Å². The lowest BCUT2D eigenvalue weighted by molar-refractivity contribution is -0.135. The minimum absolute atomic E-state index is 0.0554. The lowest BCUT2D eigenvalue weighted by Crippen LogP contribution is -2.53. The van der Waals surface area contributed by atoms with E-state index in [1.54, 1.807) is 36.9 Å². The van der Waals surface area contributed by atoms with Gasteiger partial charge in [0.05, 0.1) is 0 Å². The quantitative estimate of drug-likeness (QED) is 0.568. The Kier molecular flexibility index (Phi) is 6.65. The number of carbonyl (C=O) groups excluding carboxylic acids is 2. The van der Waals surface area contributed by atoms with Gasteiger partial charge in [-0.15, -0.1) is 0 Å². The van der Waals surface area contributed by atoms with Gasteiger partial charge >= 0.3 is 0 Å². The second-order valence-corrected chi connectivity index (χ2v) is 8.99. The summed E-state index contributed by atoms with van der Waals surface area (Å²) in [5.41, 5.74) is 0.667. The molecule has 4 rings (SSSR count). The Hall–Kier alpha value is -3.00. The number of rotatable bonds is 5. The van der Waals surface area contributed by atoms with Crippen molar-refractivity contribution in [2.24, 2.45) is 5.92 Å². The topological polar surface area (TPSA) is 75.4 Å². The number of likely N-dealkylation sites (tertiary alicyclic amines) is 1. The highest BCUT2D eigenvalue weighted by atomic mass is 35.5. The summed E-state index contributed by atoms with van der Waals surface area (Å²) < 4.78 is 33.9. The predicted octanol–water partition coefficient (Wildman–Crippen LogP) is 4.92. The number of benzene rings is 2. The molecule has 0 saturated carbocycles. The van der Waals surface area contributed by atoms with E-state index in [0.29, 0.717) is 47.9 Å². The van der Waals surface area contributed by atoms with Crippen molar-refractivity contribution in [3.8, 4) is 0 Å². The Morgan fingerprint density at radius 2 is 1.82 bits per heavy atom. The number of piperidine rings is 1. The normalized spacial score (nSPS) is 15.8. The van der Waals surface area contributed by atoms with Crippen molar-refractivity contribution in [1.29, 1.82) is 0 Å². The standard InChI is InChI=1S/C24H24ClF2N3O3/c1-13(2)21(29-22(31)20-16(26)4-3-5-17(20)27)24(32)30-10-8-14(9-11-30)23-28-18-12-15(25)6-7-19(18)33-23/h3-7,12-14,21H,8-11H2,1-2H3,(H,29,31)/t21-/m0/s1. The van der Waals surface area contributed by atoms with Gasteiger partial charge in [0, 0.05) is 24.0 Å². The molecule has 0 bridgehead atoms. The molecule has 1 aromatic heterocycles. The predicted molar refractivity (Wildman–Crippen MR) is 120 cm³/mol. The Bertz CT molecular complexity index is 1170. The molecular weight excluding hydrogens is 452 g/mol. The summed E-state index contributed by atoms with van der Waals surface area (Å²) in [6, 6.07) is 7.57. The number of hydrogen-bond donors (Lipinski definition) is 1. The highest BCUT2D eigenvalue weighted by Crippen LogP contribution is 2.31. The van der Waals surface area contributed by atoms with Crippen LogP contribution in [0.4, 0.5) is 8.78 Å². The zero-order chi connectivity index (χ0) is 23.7. The highest BCUT2D eigenvalue weighted by molar-refractivity contribution is 6.31. The van der Waals surface area contributed by atoms with Gasteiger partial charge in [-0.05, 0) is 49.1 Å². The van der Waals surface area contributed by atoms with Crippen molar-refractivity contribution in [2.75, 3.05) is 13.1 Å². The smallest absolute Gasteiger partial charge is 0.257 e. The molecule has 0 spiro atoms. The molecule has 1 aliphatic rings. The van der Waals surface area contributed by atoms with Crippen molar-refractivity contribution in [3.05, 3.63) is 64.5 Å². The van der Waals surface area contributed by atoms with Crippen molar-refractivity contribution in [3.63, 3.8) is 0 Å². The number of amides is 2.